The first-order chi connectivity index (χ1) is 11.3. The molecule has 0 fully saturated rings. The lowest BCUT2D eigenvalue weighted by Gasteiger charge is -2.11. The molecule has 0 saturated heterocycles. The van der Waals surface area contributed by atoms with Crippen molar-refractivity contribution in [3.8, 4) is 0 Å². The molecule has 0 radical (unpaired) electrons. The molecule has 4 heteroatoms. The van der Waals surface area contributed by atoms with Crippen LogP contribution in [0.25, 0.3) is 0 Å². The Bertz CT molecular complexity index is 611. The van der Waals surface area contributed by atoms with E-state index in [0.717, 1.165) is 19.0 Å². The molecular formula is C19H25N3O. The number of methoxy groups -OCH3 is 1. The molecule has 0 aliphatic rings. The number of ether oxygens (including phenoxy) is 1. The van der Waals surface area contributed by atoms with E-state index in [9.17, 15) is 0 Å². The minimum absolute atomic E-state index is 0.629. The van der Waals surface area contributed by atoms with Crippen molar-refractivity contribution in [3.05, 3.63) is 71.3 Å². The second-order valence-electron chi connectivity index (χ2n) is 5.29. The first-order valence-corrected chi connectivity index (χ1v) is 7.94. The minimum atomic E-state index is 0.629. The number of rotatable bonds is 7. The van der Waals surface area contributed by atoms with Crippen molar-refractivity contribution in [2.75, 3.05) is 13.7 Å². The van der Waals surface area contributed by atoms with Gasteiger partial charge in [-0.1, -0.05) is 54.6 Å². The van der Waals surface area contributed by atoms with Crippen LogP contribution < -0.4 is 10.6 Å². The standard InChI is InChI=1S/C19H25N3O/c1-3-20-19(21-13-16-8-5-4-6-9-16)22-14-17-10-7-11-18(12-17)15-23-2/h4-12H,3,13-15H2,1-2H3,(H2,20,21,22). The SMILES string of the molecule is CCNC(=NCc1cccc(COC)c1)NCc1ccccc1. The van der Waals surface area contributed by atoms with Crippen LogP contribution in [0.15, 0.2) is 59.6 Å². The fourth-order valence-corrected chi connectivity index (χ4v) is 2.28. The highest BCUT2D eigenvalue weighted by atomic mass is 16.5. The zero-order chi connectivity index (χ0) is 16.3. The molecule has 122 valence electrons. The summed E-state index contributed by atoms with van der Waals surface area (Å²) in [5, 5.41) is 6.64. The van der Waals surface area contributed by atoms with Gasteiger partial charge in [0.2, 0.25) is 0 Å². The lowest BCUT2D eigenvalue weighted by Crippen LogP contribution is -2.36. The Morgan fingerprint density at radius 1 is 0.957 bits per heavy atom. The summed E-state index contributed by atoms with van der Waals surface area (Å²) >= 11 is 0. The number of benzene rings is 2. The second-order valence-corrected chi connectivity index (χ2v) is 5.29. The van der Waals surface area contributed by atoms with Gasteiger partial charge >= 0.3 is 0 Å². The van der Waals surface area contributed by atoms with E-state index < -0.39 is 0 Å². The predicted octanol–water partition coefficient (Wildman–Crippen LogP) is 3.09. The van der Waals surface area contributed by atoms with E-state index in [1.807, 2.05) is 24.3 Å². The first-order valence-electron chi connectivity index (χ1n) is 7.94. The van der Waals surface area contributed by atoms with Gasteiger partial charge in [-0.2, -0.15) is 0 Å². The molecule has 4 nitrogen and oxygen atoms in total. The number of hydrogen-bond donors (Lipinski definition) is 2. The smallest absolute Gasteiger partial charge is 0.191 e. The van der Waals surface area contributed by atoms with Crippen LogP contribution in [0.4, 0.5) is 0 Å². The van der Waals surface area contributed by atoms with E-state index in [2.05, 4.69) is 52.9 Å². The Balaban J connectivity index is 1.96. The normalized spacial score (nSPS) is 11.3. The van der Waals surface area contributed by atoms with Gasteiger partial charge in [0, 0.05) is 20.2 Å². The molecule has 0 aromatic heterocycles. The summed E-state index contributed by atoms with van der Waals surface area (Å²) in [6, 6.07) is 18.6. The molecule has 23 heavy (non-hydrogen) atoms. The topological polar surface area (TPSA) is 45.7 Å². The van der Waals surface area contributed by atoms with Gasteiger partial charge < -0.3 is 15.4 Å². The first kappa shape index (κ1) is 17.0. The molecular weight excluding hydrogens is 286 g/mol. The monoisotopic (exact) mass is 311 g/mol. The van der Waals surface area contributed by atoms with Crippen LogP contribution in [0.5, 0.6) is 0 Å². The zero-order valence-corrected chi connectivity index (χ0v) is 13.9. The third kappa shape index (κ3) is 6.12. The van der Waals surface area contributed by atoms with Crippen LogP contribution in [-0.2, 0) is 24.4 Å². The second kappa shape index (κ2) is 9.64. The van der Waals surface area contributed by atoms with Crippen molar-refractivity contribution < 1.29 is 4.74 Å². The van der Waals surface area contributed by atoms with Crippen LogP contribution in [0.3, 0.4) is 0 Å². The van der Waals surface area contributed by atoms with Crippen molar-refractivity contribution in [1.29, 1.82) is 0 Å². The van der Waals surface area contributed by atoms with Gasteiger partial charge in [-0.25, -0.2) is 4.99 Å². The molecule has 0 amide bonds. The van der Waals surface area contributed by atoms with Crippen LogP contribution in [0.2, 0.25) is 0 Å². The van der Waals surface area contributed by atoms with Crippen LogP contribution in [0.1, 0.15) is 23.6 Å². The lowest BCUT2D eigenvalue weighted by atomic mass is 10.1. The summed E-state index contributed by atoms with van der Waals surface area (Å²) < 4.78 is 5.17. The molecule has 2 aromatic carbocycles. The van der Waals surface area contributed by atoms with Crippen molar-refractivity contribution in [2.24, 2.45) is 4.99 Å². The molecule has 0 heterocycles. The van der Waals surface area contributed by atoms with Crippen LogP contribution in [0, 0.1) is 0 Å². The Labute approximate surface area is 138 Å². The maximum Gasteiger partial charge on any atom is 0.191 e. The van der Waals surface area contributed by atoms with Gasteiger partial charge in [-0.05, 0) is 23.6 Å². The molecule has 2 aromatic rings. The van der Waals surface area contributed by atoms with E-state index in [4.69, 9.17) is 4.74 Å². The summed E-state index contributed by atoms with van der Waals surface area (Å²) in [7, 11) is 1.71. The van der Waals surface area contributed by atoms with E-state index in [1.165, 1.54) is 16.7 Å². The van der Waals surface area contributed by atoms with Crippen LogP contribution >= 0.6 is 0 Å². The average Bonchev–Trinajstić information content (AvgIpc) is 2.59. The summed E-state index contributed by atoms with van der Waals surface area (Å²) in [5.41, 5.74) is 3.58. The highest BCUT2D eigenvalue weighted by molar-refractivity contribution is 5.79. The summed E-state index contributed by atoms with van der Waals surface area (Å²) in [6.45, 7) is 4.94. The van der Waals surface area contributed by atoms with E-state index in [1.54, 1.807) is 7.11 Å². The van der Waals surface area contributed by atoms with E-state index >= 15 is 0 Å². The number of nitrogens with one attached hydrogen (secondary N) is 2. The molecule has 0 saturated carbocycles. The number of hydrogen-bond acceptors (Lipinski definition) is 2. The van der Waals surface area contributed by atoms with Gasteiger partial charge in [-0.3, -0.25) is 0 Å². The highest BCUT2D eigenvalue weighted by Crippen LogP contribution is 2.07. The van der Waals surface area contributed by atoms with Gasteiger partial charge in [0.05, 0.1) is 13.2 Å². The van der Waals surface area contributed by atoms with E-state index in [0.29, 0.717) is 13.2 Å². The Hall–Kier alpha value is -2.33. The predicted molar refractivity (Wildman–Crippen MR) is 95.3 cm³/mol. The van der Waals surface area contributed by atoms with Crippen LogP contribution in [-0.4, -0.2) is 19.6 Å². The average molecular weight is 311 g/mol. The largest absolute Gasteiger partial charge is 0.380 e. The summed E-state index contributed by atoms with van der Waals surface area (Å²) in [5.74, 6) is 0.827. The molecule has 0 unspecified atom stereocenters. The third-order valence-electron chi connectivity index (χ3n) is 3.37. The number of aliphatic imine (C=N–C) groups is 1. The number of nitrogens with zero attached hydrogens (tertiary/aromatic N) is 1. The maximum absolute atomic E-state index is 5.17. The molecule has 2 N–H and O–H groups in total. The molecule has 0 atom stereocenters. The van der Waals surface area contributed by atoms with Gasteiger partial charge in [-0.15, -0.1) is 0 Å². The highest BCUT2D eigenvalue weighted by Gasteiger charge is 1.99. The molecule has 0 bridgehead atoms. The summed E-state index contributed by atoms with van der Waals surface area (Å²) in [6.07, 6.45) is 0. The molecule has 0 aliphatic carbocycles. The summed E-state index contributed by atoms with van der Waals surface area (Å²) in [4.78, 5) is 4.65. The maximum atomic E-state index is 5.17. The lowest BCUT2D eigenvalue weighted by molar-refractivity contribution is 0.185. The Morgan fingerprint density at radius 3 is 2.43 bits per heavy atom. The molecule has 2 rings (SSSR count). The van der Waals surface area contributed by atoms with Crippen molar-refractivity contribution in [2.45, 2.75) is 26.6 Å². The van der Waals surface area contributed by atoms with Gasteiger partial charge in [0.25, 0.3) is 0 Å². The number of guanidine groups is 1. The quantitative estimate of drug-likeness (QED) is 0.610. The van der Waals surface area contributed by atoms with Crippen molar-refractivity contribution in [1.82, 2.24) is 10.6 Å². The minimum Gasteiger partial charge on any atom is -0.380 e. The van der Waals surface area contributed by atoms with E-state index in [-0.39, 0.29) is 0 Å². The van der Waals surface area contributed by atoms with Gasteiger partial charge in [0.15, 0.2) is 5.96 Å². The van der Waals surface area contributed by atoms with Gasteiger partial charge in [0.1, 0.15) is 0 Å². The third-order valence-corrected chi connectivity index (χ3v) is 3.37. The van der Waals surface area contributed by atoms with Crippen molar-refractivity contribution >= 4 is 5.96 Å². The molecule has 0 aliphatic heterocycles. The molecule has 0 spiro atoms. The Morgan fingerprint density at radius 2 is 1.70 bits per heavy atom. The Kier molecular flexibility index (Phi) is 7.14. The van der Waals surface area contributed by atoms with Crippen molar-refractivity contribution in [3.63, 3.8) is 0 Å². The fourth-order valence-electron chi connectivity index (χ4n) is 2.28. The zero-order valence-electron chi connectivity index (χ0n) is 13.9. The fraction of sp³-hybridized carbons (Fsp3) is 0.316.